The van der Waals surface area contributed by atoms with Gasteiger partial charge in [-0.15, -0.1) is 0 Å². The average Bonchev–Trinajstić information content (AvgIpc) is 2.30. The predicted octanol–water partition coefficient (Wildman–Crippen LogP) is 1.58. The molecule has 86 valence electrons. The summed E-state index contributed by atoms with van der Waals surface area (Å²) in [5, 5.41) is 0. The van der Waals surface area contributed by atoms with E-state index in [1.165, 1.54) is 26.2 Å². The summed E-state index contributed by atoms with van der Waals surface area (Å²) in [4.78, 5) is 21.4. The lowest BCUT2D eigenvalue weighted by Gasteiger charge is -2.12. The van der Waals surface area contributed by atoms with Gasteiger partial charge >= 0.3 is 5.97 Å². The molecule has 1 aromatic carbocycles. The first-order valence-corrected chi connectivity index (χ1v) is 4.57. The molecule has 0 fully saturated rings. The van der Waals surface area contributed by atoms with E-state index < -0.39 is 17.9 Å². The summed E-state index contributed by atoms with van der Waals surface area (Å²) in [6, 6.07) is 3.72. The molecule has 5 heteroatoms. The predicted molar refractivity (Wildman–Crippen MR) is 53.9 cm³/mol. The van der Waals surface area contributed by atoms with Crippen LogP contribution < -0.4 is 4.74 Å². The van der Waals surface area contributed by atoms with Gasteiger partial charge in [0.05, 0.1) is 7.11 Å². The van der Waals surface area contributed by atoms with E-state index in [2.05, 4.69) is 4.74 Å². The summed E-state index contributed by atoms with van der Waals surface area (Å²) in [6.45, 7) is 1.44. The van der Waals surface area contributed by atoms with Gasteiger partial charge in [0.1, 0.15) is 6.29 Å². The fraction of sp³-hybridized carbons (Fsp3) is 0.273. The lowest BCUT2D eigenvalue weighted by Crippen LogP contribution is -2.25. The highest BCUT2D eigenvalue weighted by molar-refractivity contribution is 5.75. The molecular weight excluding hydrogens is 215 g/mol. The largest absolute Gasteiger partial charge is 0.476 e. The smallest absolute Gasteiger partial charge is 0.346 e. The van der Waals surface area contributed by atoms with Gasteiger partial charge in [-0.2, -0.15) is 0 Å². The molecule has 1 aromatic rings. The van der Waals surface area contributed by atoms with Gasteiger partial charge in [-0.05, 0) is 25.1 Å². The summed E-state index contributed by atoms with van der Waals surface area (Å²) in [7, 11) is 1.22. The molecule has 0 N–H and O–H groups in total. The van der Waals surface area contributed by atoms with Crippen molar-refractivity contribution in [3.63, 3.8) is 0 Å². The van der Waals surface area contributed by atoms with Crippen molar-refractivity contribution in [1.29, 1.82) is 0 Å². The number of benzene rings is 1. The highest BCUT2D eigenvalue weighted by Gasteiger charge is 2.16. The number of esters is 1. The van der Waals surface area contributed by atoms with Crippen molar-refractivity contribution in [2.75, 3.05) is 7.11 Å². The van der Waals surface area contributed by atoms with Crippen LogP contribution in [0.4, 0.5) is 4.39 Å². The third-order valence-corrected chi connectivity index (χ3v) is 1.93. The third-order valence-electron chi connectivity index (χ3n) is 1.93. The quantitative estimate of drug-likeness (QED) is 0.577. The van der Waals surface area contributed by atoms with Crippen LogP contribution in [-0.4, -0.2) is 25.5 Å². The standard InChI is InChI=1S/C11H11FO4/c1-7(11(14)15-2)16-10-4-3-8(6-13)5-9(10)12/h3-7H,1-2H3. The Morgan fingerprint density at radius 2 is 2.19 bits per heavy atom. The maximum Gasteiger partial charge on any atom is 0.346 e. The first-order valence-electron chi connectivity index (χ1n) is 4.57. The van der Waals surface area contributed by atoms with Crippen molar-refractivity contribution >= 4 is 12.3 Å². The number of aldehydes is 1. The van der Waals surface area contributed by atoms with Gasteiger partial charge in [0.15, 0.2) is 17.7 Å². The van der Waals surface area contributed by atoms with Gasteiger partial charge < -0.3 is 9.47 Å². The Bertz CT molecular complexity index is 403. The molecule has 0 spiro atoms. The van der Waals surface area contributed by atoms with Gasteiger partial charge in [0.2, 0.25) is 0 Å². The van der Waals surface area contributed by atoms with Crippen LogP contribution in [0, 0.1) is 5.82 Å². The molecule has 0 saturated heterocycles. The van der Waals surface area contributed by atoms with Crippen molar-refractivity contribution in [1.82, 2.24) is 0 Å². The van der Waals surface area contributed by atoms with E-state index in [0.717, 1.165) is 6.07 Å². The minimum absolute atomic E-state index is 0.0940. The molecule has 1 unspecified atom stereocenters. The van der Waals surface area contributed by atoms with E-state index in [4.69, 9.17) is 4.74 Å². The second kappa shape index (κ2) is 5.25. The fourth-order valence-corrected chi connectivity index (χ4v) is 1.09. The minimum atomic E-state index is -0.901. The van der Waals surface area contributed by atoms with Crippen LogP contribution >= 0.6 is 0 Å². The van der Waals surface area contributed by atoms with E-state index in [1.54, 1.807) is 0 Å². The number of rotatable bonds is 4. The van der Waals surface area contributed by atoms with Crippen molar-refractivity contribution in [2.45, 2.75) is 13.0 Å². The second-order valence-electron chi connectivity index (χ2n) is 3.09. The topological polar surface area (TPSA) is 52.6 Å². The number of hydrogen-bond donors (Lipinski definition) is 0. The van der Waals surface area contributed by atoms with Crippen LogP contribution in [0.15, 0.2) is 18.2 Å². The molecule has 0 radical (unpaired) electrons. The maximum atomic E-state index is 13.3. The molecule has 4 nitrogen and oxygen atoms in total. The first kappa shape index (κ1) is 12.2. The summed E-state index contributed by atoms with van der Waals surface area (Å²) in [6.07, 6.45) is -0.377. The van der Waals surface area contributed by atoms with Gasteiger partial charge in [-0.25, -0.2) is 9.18 Å². The average molecular weight is 226 g/mol. The van der Waals surface area contributed by atoms with Gasteiger partial charge in [0.25, 0.3) is 0 Å². The van der Waals surface area contributed by atoms with Crippen molar-refractivity contribution in [3.05, 3.63) is 29.6 Å². The Morgan fingerprint density at radius 3 is 2.69 bits per heavy atom. The van der Waals surface area contributed by atoms with E-state index in [0.29, 0.717) is 6.29 Å². The molecular formula is C11H11FO4. The number of halogens is 1. The van der Waals surface area contributed by atoms with Crippen molar-refractivity contribution < 1.29 is 23.5 Å². The molecule has 0 aromatic heterocycles. The minimum Gasteiger partial charge on any atom is -0.476 e. The molecule has 0 amide bonds. The number of methoxy groups -OCH3 is 1. The monoisotopic (exact) mass is 226 g/mol. The molecule has 16 heavy (non-hydrogen) atoms. The van der Waals surface area contributed by atoms with E-state index in [1.807, 2.05) is 0 Å². The molecule has 0 aliphatic heterocycles. The Kier molecular flexibility index (Phi) is 3.99. The zero-order valence-electron chi connectivity index (χ0n) is 8.90. The zero-order chi connectivity index (χ0) is 12.1. The van der Waals surface area contributed by atoms with E-state index in [9.17, 15) is 14.0 Å². The summed E-state index contributed by atoms with van der Waals surface area (Å²) in [5.74, 6) is -1.39. The van der Waals surface area contributed by atoms with Gasteiger partial charge in [0, 0.05) is 5.56 Å². The normalized spacial score (nSPS) is 11.7. The maximum absolute atomic E-state index is 13.3. The van der Waals surface area contributed by atoms with E-state index >= 15 is 0 Å². The van der Waals surface area contributed by atoms with Crippen LogP contribution in [0.3, 0.4) is 0 Å². The molecule has 0 heterocycles. The van der Waals surface area contributed by atoms with Crippen LogP contribution in [-0.2, 0) is 9.53 Å². The lowest BCUT2D eigenvalue weighted by atomic mass is 10.2. The third kappa shape index (κ3) is 2.79. The second-order valence-corrected chi connectivity index (χ2v) is 3.09. The molecule has 0 aliphatic carbocycles. The lowest BCUT2D eigenvalue weighted by molar-refractivity contribution is -0.148. The first-order chi connectivity index (χ1) is 7.58. The molecule has 1 atom stereocenters. The fourth-order valence-electron chi connectivity index (χ4n) is 1.09. The Hall–Kier alpha value is -1.91. The zero-order valence-corrected chi connectivity index (χ0v) is 8.90. The molecule has 0 aliphatic rings. The number of ether oxygens (including phenoxy) is 2. The SMILES string of the molecule is COC(=O)C(C)Oc1ccc(C=O)cc1F. The Labute approximate surface area is 92.0 Å². The van der Waals surface area contributed by atoms with Crippen LogP contribution in [0.25, 0.3) is 0 Å². The van der Waals surface area contributed by atoms with E-state index in [-0.39, 0.29) is 11.3 Å². The number of carbonyl (C=O) groups is 2. The van der Waals surface area contributed by atoms with Gasteiger partial charge in [-0.1, -0.05) is 0 Å². The van der Waals surface area contributed by atoms with Gasteiger partial charge in [-0.3, -0.25) is 4.79 Å². The number of hydrogen-bond acceptors (Lipinski definition) is 4. The molecule has 1 rings (SSSR count). The molecule has 0 saturated carbocycles. The van der Waals surface area contributed by atoms with Crippen molar-refractivity contribution in [3.8, 4) is 5.75 Å². The summed E-state index contributed by atoms with van der Waals surface area (Å²) >= 11 is 0. The Morgan fingerprint density at radius 1 is 1.50 bits per heavy atom. The van der Waals surface area contributed by atoms with Crippen molar-refractivity contribution in [2.24, 2.45) is 0 Å². The number of carbonyl (C=O) groups excluding carboxylic acids is 2. The summed E-state index contributed by atoms with van der Waals surface area (Å²) in [5.41, 5.74) is 0.204. The highest BCUT2D eigenvalue weighted by atomic mass is 19.1. The van der Waals surface area contributed by atoms with Crippen LogP contribution in [0.5, 0.6) is 5.75 Å². The van der Waals surface area contributed by atoms with Crippen LogP contribution in [0.2, 0.25) is 0 Å². The summed E-state index contributed by atoms with van der Waals surface area (Å²) < 4.78 is 22.8. The Balaban J connectivity index is 2.82. The molecule has 0 bridgehead atoms. The highest BCUT2D eigenvalue weighted by Crippen LogP contribution is 2.19. The van der Waals surface area contributed by atoms with Crippen LogP contribution in [0.1, 0.15) is 17.3 Å².